The number of aromatic nitrogens is 2. The summed E-state index contributed by atoms with van der Waals surface area (Å²) in [5, 5.41) is 0. The summed E-state index contributed by atoms with van der Waals surface area (Å²) >= 11 is 0. The molecule has 4 heteroatoms. The van der Waals surface area contributed by atoms with Crippen molar-refractivity contribution < 1.29 is 0 Å². The second-order valence-electron chi connectivity index (χ2n) is 6.67. The van der Waals surface area contributed by atoms with E-state index in [1.807, 2.05) is 30.5 Å². The van der Waals surface area contributed by atoms with Crippen LogP contribution < -0.4 is 11.3 Å². The summed E-state index contributed by atoms with van der Waals surface area (Å²) in [6.07, 6.45) is 8.63. The zero-order valence-electron chi connectivity index (χ0n) is 12.2. The molecule has 1 aromatic heterocycles. The SMILES string of the molecule is NNC(CC1CC2CCC1C2)c1cnc2ccccc2n1. The van der Waals surface area contributed by atoms with E-state index in [1.54, 1.807) is 0 Å². The molecule has 1 heterocycles. The summed E-state index contributed by atoms with van der Waals surface area (Å²) in [4.78, 5) is 9.26. The second kappa shape index (κ2) is 5.35. The Morgan fingerprint density at radius 1 is 1.19 bits per heavy atom. The third-order valence-corrected chi connectivity index (χ3v) is 5.45. The number of hydrazine groups is 1. The minimum absolute atomic E-state index is 0.117. The Morgan fingerprint density at radius 2 is 2.05 bits per heavy atom. The first-order valence-electron chi connectivity index (χ1n) is 8.01. The van der Waals surface area contributed by atoms with Gasteiger partial charge in [-0.25, -0.2) is 4.98 Å². The third-order valence-electron chi connectivity index (χ3n) is 5.45. The van der Waals surface area contributed by atoms with Gasteiger partial charge in [0.15, 0.2) is 0 Å². The minimum atomic E-state index is 0.117. The summed E-state index contributed by atoms with van der Waals surface area (Å²) < 4.78 is 0. The first-order chi connectivity index (χ1) is 10.3. The van der Waals surface area contributed by atoms with Gasteiger partial charge < -0.3 is 0 Å². The number of nitrogens with one attached hydrogen (secondary N) is 1. The van der Waals surface area contributed by atoms with Crippen LogP contribution in [0.5, 0.6) is 0 Å². The van der Waals surface area contributed by atoms with Gasteiger partial charge in [0.1, 0.15) is 0 Å². The highest BCUT2D eigenvalue weighted by molar-refractivity contribution is 5.73. The van der Waals surface area contributed by atoms with Crippen molar-refractivity contribution in [2.45, 2.75) is 38.1 Å². The van der Waals surface area contributed by atoms with Crippen molar-refractivity contribution >= 4 is 11.0 Å². The summed E-state index contributed by atoms with van der Waals surface area (Å²) in [7, 11) is 0. The maximum Gasteiger partial charge on any atom is 0.0890 e. The van der Waals surface area contributed by atoms with E-state index in [4.69, 9.17) is 10.8 Å². The van der Waals surface area contributed by atoms with E-state index >= 15 is 0 Å². The zero-order chi connectivity index (χ0) is 14.2. The molecule has 2 aliphatic rings. The van der Waals surface area contributed by atoms with Gasteiger partial charge in [-0.3, -0.25) is 16.3 Å². The van der Waals surface area contributed by atoms with Crippen LogP contribution in [0.4, 0.5) is 0 Å². The highest BCUT2D eigenvalue weighted by Gasteiger charge is 2.40. The maximum absolute atomic E-state index is 5.81. The molecule has 2 aliphatic carbocycles. The zero-order valence-corrected chi connectivity index (χ0v) is 12.2. The Kier molecular flexibility index (Phi) is 3.36. The van der Waals surface area contributed by atoms with Crippen LogP contribution >= 0.6 is 0 Å². The van der Waals surface area contributed by atoms with E-state index in [1.165, 1.54) is 25.7 Å². The topological polar surface area (TPSA) is 63.8 Å². The number of nitrogens with two attached hydrogens (primary N) is 1. The summed E-state index contributed by atoms with van der Waals surface area (Å²) in [5.74, 6) is 8.50. The monoisotopic (exact) mass is 282 g/mol. The first kappa shape index (κ1) is 13.2. The lowest BCUT2D eigenvalue weighted by Crippen LogP contribution is -2.31. The molecule has 0 amide bonds. The summed E-state index contributed by atoms with van der Waals surface area (Å²) in [5.41, 5.74) is 5.83. The van der Waals surface area contributed by atoms with Gasteiger partial charge in [-0.15, -0.1) is 0 Å². The Labute approximate surface area is 125 Å². The van der Waals surface area contributed by atoms with Gasteiger partial charge in [-0.1, -0.05) is 18.6 Å². The predicted octanol–water partition coefficient (Wildman–Crippen LogP) is 2.96. The van der Waals surface area contributed by atoms with Crippen LogP contribution in [0.2, 0.25) is 0 Å². The van der Waals surface area contributed by atoms with Crippen LogP contribution in [0, 0.1) is 17.8 Å². The molecule has 0 saturated heterocycles. The molecule has 3 N–H and O–H groups in total. The minimum Gasteiger partial charge on any atom is -0.271 e. The van der Waals surface area contributed by atoms with Gasteiger partial charge >= 0.3 is 0 Å². The molecule has 4 nitrogen and oxygen atoms in total. The average Bonchev–Trinajstić information content (AvgIpc) is 3.15. The van der Waals surface area contributed by atoms with Crippen molar-refractivity contribution in [2.24, 2.45) is 23.6 Å². The fourth-order valence-electron chi connectivity index (χ4n) is 4.38. The van der Waals surface area contributed by atoms with Crippen molar-refractivity contribution in [3.8, 4) is 0 Å². The lowest BCUT2D eigenvalue weighted by Gasteiger charge is -2.26. The van der Waals surface area contributed by atoms with Crippen LogP contribution in [-0.2, 0) is 0 Å². The van der Waals surface area contributed by atoms with Crippen molar-refractivity contribution in [1.29, 1.82) is 0 Å². The Balaban J connectivity index is 1.56. The Morgan fingerprint density at radius 3 is 2.76 bits per heavy atom. The van der Waals surface area contributed by atoms with E-state index in [0.29, 0.717) is 0 Å². The highest BCUT2D eigenvalue weighted by Crippen LogP contribution is 2.50. The molecule has 2 fully saturated rings. The van der Waals surface area contributed by atoms with Crippen LogP contribution in [-0.4, -0.2) is 9.97 Å². The number of hydrogen-bond donors (Lipinski definition) is 2. The van der Waals surface area contributed by atoms with Crippen molar-refractivity contribution in [3.05, 3.63) is 36.2 Å². The third kappa shape index (κ3) is 2.43. The molecule has 0 spiro atoms. The predicted molar refractivity (Wildman–Crippen MR) is 83.2 cm³/mol. The normalized spacial score (nSPS) is 29.1. The van der Waals surface area contributed by atoms with E-state index in [-0.39, 0.29) is 6.04 Å². The molecule has 4 rings (SSSR count). The number of fused-ring (bicyclic) bond motifs is 3. The molecular weight excluding hydrogens is 260 g/mol. The van der Waals surface area contributed by atoms with Crippen LogP contribution in [0.1, 0.15) is 43.8 Å². The molecule has 110 valence electrons. The fourth-order valence-corrected chi connectivity index (χ4v) is 4.38. The average molecular weight is 282 g/mol. The molecule has 0 radical (unpaired) electrons. The molecule has 1 aromatic carbocycles. The maximum atomic E-state index is 5.81. The van der Waals surface area contributed by atoms with Crippen molar-refractivity contribution in [1.82, 2.24) is 15.4 Å². The Bertz CT molecular complexity index is 641. The summed E-state index contributed by atoms with van der Waals surface area (Å²) in [6.45, 7) is 0. The molecule has 2 aromatic rings. The molecule has 4 unspecified atom stereocenters. The number of rotatable bonds is 4. The molecule has 0 aliphatic heterocycles. The van der Waals surface area contributed by atoms with Gasteiger partial charge in [0, 0.05) is 0 Å². The van der Waals surface area contributed by atoms with Crippen molar-refractivity contribution in [3.63, 3.8) is 0 Å². The standard InChI is InChI=1S/C17H22N4/c18-21-16(9-13-8-11-5-6-12(13)7-11)17-10-19-14-3-1-2-4-15(14)20-17/h1-4,10-13,16,21H,5-9,18H2. The first-order valence-corrected chi connectivity index (χ1v) is 8.01. The van der Waals surface area contributed by atoms with Crippen LogP contribution in [0.25, 0.3) is 11.0 Å². The van der Waals surface area contributed by atoms with E-state index in [9.17, 15) is 0 Å². The molecule has 4 atom stereocenters. The van der Waals surface area contributed by atoms with Gasteiger partial charge in [0.05, 0.1) is 29.0 Å². The largest absolute Gasteiger partial charge is 0.271 e. The smallest absolute Gasteiger partial charge is 0.0890 e. The molecule has 21 heavy (non-hydrogen) atoms. The quantitative estimate of drug-likeness (QED) is 0.668. The van der Waals surface area contributed by atoms with Crippen LogP contribution in [0.3, 0.4) is 0 Å². The highest BCUT2D eigenvalue weighted by atomic mass is 15.2. The second-order valence-corrected chi connectivity index (χ2v) is 6.67. The van der Waals surface area contributed by atoms with Gasteiger partial charge in [-0.2, -0.15) is 0 Å². The van der Waals surface area contributed by atoms with E-state index in [2.05, 4.69) is 10.4 Å². The fraction of sp³-hybridized carbons (Fsp3) is 0.529. The van der Waals surface area contributed by atoms with E-state index in [0.717, 1.165) is 40.9 Å². The van der Waals surface area contributed by atoms with E-state index < -0.39 is 0 Å². The molecule has 2 saturated carbocycles. The van der Waals surface area contributed by atoms with Gasteiger partial charge in [-0.05, 0) is 55.6 Å². The lowest BCUT2D eigenvalue weighted by molar-refractivity contribution is 0.278. The number of para-hydroxylation sites is 2. The van der Waals surface area contributed by atoms with Gasteiger partial charge in [0.25, 0.3) is 0 Å². The molecular formula is C17H22N4. The number of benzene rings is 1. The lowest BCUT2D eigenvalue weighted by atomic mass is 9.84. The molecule has 2 bridgehead atoms. The number of nitrogens with zero attached hydrogens (tertiary/aromatic N) is 2. The van der Waals surface area contributed by atoms with Gasteiger partial charge in [0.2, 0.25) is 0 Å². The summed E-state index contributed by atoms with van der Waals surface area (Å²) in [6, 6.07) is 8.11. The Hall–Kier alpha value is -1.52. The van der Waals surface area contributed by atoms with Crippen molar-refractivity contribution in [2.75, 3.05) is 0 Å². The number of hydrogen-bond acceptors (Lipinski definition) is 4. The van der Waals surface area contributed by atoms with Crippen LogP contribution in [0.15, 0.2) is 30.5 Å².